The predicted molar refractivity (Wildman–Crippen MR) is 170 cm³/mol. The molecule has 8 unspecified atom stereocenters. The smallest absolute Gasteiger partial charge is 0.407 e. The van der Waals surface area contributed by atoms with E-state index in [2.05, 4.69) is 46.0 Å². The fraction of sp³-hybridized carbons (Fsp3) is 0.757. The zero-order valence-corrected chi connectivity index (χ0v) is 26.7. The van der Waals surface area contributed by atoms with Gasteiger partial charge in [0, 0.05) is 12.2 Å². The van der Waals surface area contributed by atoms with Crippen LogP contribution in [-0.2, 0) is 11.2 Å². The summed E-state index contributed by atoms with van der Waals surface area (Å²) < 4.78 is 5.71. The van der Waals surface area contributed by atoms with E-state index < -0.39 is 0 Å². The van der Waals surface area contributed by atoms with E-state index in [1.807, 2.05) is 24.3 Å². The summed E-state index contributed by atoms with van der Waals surface area (Å²) in [6.45, 7) is 13.7. The molecule has 4 aliphatic carbocycles. The molecular formula is C37H58N2O2. The van der Waals surface area contributed by atoms with Gasteiger partial charge >= 0.3 is 6.09 Å². The van der Waals surface area contributed by atoms with E-state index >= 15 is 0 Å². The van der Waals surface area contributed by atoms with Gasteiger partial charge in [-0.15, -0.1) is 0 Å². The number of nitrogen functional groups attached to an aromatic ring is 1. The molecule has 1 amide bonds. The first-order valence-corrected chi connectivity index (χ1v) is 17.0. The van der Waals surface area contributed by atoms with Crippen molar-refractivity contribution in [2.24, 2.45) is 52.3 Å². The van der Waals surface area contributed by atoms with E-state index in [4.69, 9.17) is 10.5 Å². The van der Waals surface area contributed by atoms with Crippen LogP contribution in [0.4, 0.5) is 10.5 Å². The monoisotopic (exact) mass is 562 g/mol. The van der Waals surface area contributed by atoms with Crippen molar-refractivity contribution in [3.05, 3.63) is 41.5 Å². The molecule has 3 saturated carbocycles. The van der Waals surface area contributed by atoms with Crippen LogP contribution in [0.3, 0.4) is 0 Å². The van der Waals surface area contributed by atoms with E-state index in [-0.39, 0.29) is 6.09 Å². The molecule has 0 bridgehead atoms. The Morgan fingerprint density at radius 3 is 2.56 bits per heavy atom. The summed E-state index contributed by atoms with van der Waals surface area (Å²) >= 11 is 0. The number of nitrogens with two attached hydrogens (primary N) is 1. The Balaban J connectivity index is 1.12. The van der Waals surface area contributed by atoms with Gasteiger partial charge in [0.05, 0.1) is 6.61 Å². The molecule has 0 radical (unpaired) electrons. The summed E-state index contributed by atoms with van der Waals surface area (Å²) in [7, 11) is 0. The molecule has 41 heavy (non-hydrogen) atoms. The van der Waals surface area contributed by atoms with Crippen LogP contribution in [0, 0.1) is 52.3 Å². The number of hydrogen-bond donors (Lipinski definition) is 2. The van der Waals surface area contributed by atoms with Gasteiger partial charge in [-0.1, -0.05) is 77.7 Å². The Morgan fingerprint density at radius 2 is 1.80 bits per heavy atom. The Kier molecular flexibility index (Phi) is 9.46. The number of ether oxygens (including phenoxy) is 1. The number of carbonyl (C=O) groups is 1. The minimum absolute atomic E-state index is 0.285. The van der Waals surface area contributed by atoms with Gasteiger partial charge in [0.2, 0.25) is 0 Å². The van der Waals surface area contributed by atoms with Crippen molar-refractivity contribution in [2.45, 2.75) is 112 Å². The zero-order valence-electron chi connectivity index (χ0n) is 26.7. The van der Waals surface area contributed by atoms with E-state index in [0.29, 0.717) is 29.9 Å². The number of alkyl carbamates (subject to hydrolysis) is 1. The predicted octanol–water partition coefficient (Wildman–Crippen LogP) is 9.20. The number of amides is 1. The fourth-order valence-corrected chi connectivity index (χ4v) is 10.1. The zero-order chi connectivity index (χ0) is 29.2. The number of carbonyl (C=O) groups excluding carboxylic acids is 1. The highest BCUT2D eigenvalue weighted by atomic mass is 16.5. The molecule has 3 fully saturated rings. The Labute approximate surface area is 250 Å². The maximum atomic E-state index is 12.4. The fourth-order valence-electron chi connectivity index (χ4n) is 10.1. The third-order valence-corrected chi connectivity index (χ3v) is 12.5. The second kappa shape index (κ2) is 12.7. The molecule has 4 aliphatic rings. The van der Waals surface area contributed by atoms with Crippen LogP contribution in [0.1, 0.15) is 111 Å². The topological polar surface area (TPSA) is 64.3 Å². The molecular weight excluding hydrogens is 504 g/mol. The van der Waals surface area contributed by atoms with Gasteiger partial charge in [0.1, 0.15) is 0 Å². The Hall–Kier alpha value is -1.97. The number of hydrogen-bond acceptors (Lipinski definition) is 3. The van der Waals surface area contributed by atoms with Gasteiger partial charge in [-0.05, 0) is 128 Å². The third kappa shape index (κ3) is 6.52. The molecule has 8 atom stereocenters. The maximum absolute atomic E-state index is 12.4. The lowest BCUT2D eigenvalue weighted by Gasteiger charge is -2.58. The Morgan fingerprint density at radius 1 is 1.02 bits per heavy atom. The van der Waals surface area contributed by atoms with Crippen LogP contribution in [0.15, 0.2) is 35.9 Å². The number of allylic oxidation sites excluding steroid dienone is 2. The van der Waals surface area contributed by atoms with E-state index in [1.165, 1.54) is 69.8 Å². The normalized spacial score (nSPS) is 35.2. The van der Waals surface area contributed by atoms with Crippen LogP contribution in [0.25, 0.3) is 0 Å². The minimum atomic E-state index is -0.285. The van der Waals surface area contributed by atoms with E-state index in [0.717, 1.165) is 54.0 Å². The molecule has 0 saturated heterocycles. The molecule has 3 N–H and O–H groups in total. The second-order valence-corrected chi connectivity index (χ2v) is 15.4. The standard InChI is InChI=1S/C37H58N2O2/c1-25(2)7-6-8-26(3)32-15-16-33-31-14-11-29-23-28(17-20-36(29,4)34(31)18-21-37(32,33)5)24-41-35(40)39-22-19-27-9-12-30(38)13-10-27/h9-13,25-26,28,31-34H,6-8,14-24,38H2,1-5H3,(H,39,40). The molecule has 5 rings (SSSR count). The van der Waals surface area contributed by atoms with Crippen LogP contribution in [0.5, 0.6) is 0 Å². The summed E-state index contributed by atoms with van der Waals surface area (Å²) in [6.07, 6.45) is 18.0. The van der Waals surface area contributed by atoms with Crippen molar-refractivity contribution in [1.29, 1.82) is 0 Å². The number of fused-ring (bicyclic) bond motifs is 5. The molecule has 0 spiro atoms. The van der Waals surface area contributed by atoms with E-state index in [9.17, 15) is 4.79 Å². The molecule has 0 aliphatic heterocycles. The number of nitrogens with one attached hydrogen (secondary N) is 1. The van der Waals surface area contributed by atoms with Crippen LogP contribution in [0.2, 0.25) is 0 Å². The SMILES string of the molecule is CC(C)CCCC(C)C1CCC2C3CC=C4CC(COC(=O)NCCc5ccc(N)cc5)CCC4(C)C3CCC12C. The van der Waals surface area contributed by atoms with Crippen molar-refractivity contribution in [2.75, 3.05) is 18.9 Å². The average molecular weight is 563 g/mol. The van der Waals surface area contributed by atoms with Crippen molar-refractivity contribution >= 4 is 11.8 Å². The highest BCUT2D eigenvalue weighted by Crippen LogP contribution is 2.67. The van der Waals surface area contributed by atoms with Crippen molar-refractivity contribution in [1.82, 2.24) is 5.32 Å². The number of anilines is 1. The highest BCUT2D eigenvalue weighted by Gasteiger charge is 2.59. The minimum Gasteiger partial charge on any atom is -0.449 e. The molecule has 1 aromatic rings. The van der Waals surface area contributed by atoms with Gasteiger partial charge in [0.25, 0.3) is 0 Å². The van der Waals surface area contributed by atoms with Crippen molar-refractivity contribution in [3.63, 3.8) is 0 Å². The third-order valence-electron chi connectivity index (χ3n) is 12.5. The van der Waals surface area contributed by atoms with Crippen LogP contribution < -0.4 is 11.1 Å². The van der Waals surface area contributed by atoms with Gasteiger partial charge in [-0.3, -0.25) is 0 Å². The summed E-state index contributed by atoms with van der Waals surface area (Å²) in [5.41, 5.74) is 10.3. The molecule has 1 aromatic carbocycles. The largest absolute Gasteiger partial charge is 0.449 e. The van der Waals surface area contributed by atoms with Gasteiger partial charge < -0.3 is 15.8 Å². The summed E-state index contributed by atoms with van der Waals surface area (Å²) in [5.74, 6) is 5.69. The summed E-state index contributed by atoms with van der Waals surface area (Å²) in [5, 5.41) is 2.93. The molecule has 228 valence electrons. The average Bonchev–Trinajstić information content (AvgIpc) is 3.30. The maximum Gasteiger partial charge on any atom is 0.407 e. The lowest BCUT2D eigenvalue weighted by atomic mass is 9.46. The molecule has 0 heterocycles. The lowest BCUT2D eigenvalue weighted by Crippen LogP contribution is -2.50. The first kappa shape index (κ1) is 30.5. The van der Waals surface area contributed by atoms with Gasteiger partial charge in [-0.25, -0.2) is 4.79 Å². The van der Waals surface area contributed by atoms with Crippen molar-refractivity contribution in [3.8, 4) is 0 Å². The van der Waals surface area contributed by atoms with E-state index in [1.54, 1.807) is 5.57 Å². The lowest BCUT2D eigenvalue weighted by molar-refractivity contribution is -0.0541. The summed E-state index contributed by atoms with van der Waals surface area (Å²) in [6, 6.07) is 7.83. The highest BCUT2D eigenvalue weighted by molar-refractivity contribution is 5.67. The Bertz CT molecular complexity index is 1060. The number of rotatable bonds is 10. The second-order valence-electron chi connectivity index (χ2n) is 15.4. The molecule has 0 aromatic heterocycles. The molecule has 4 heteroatoms. The van der Waals surface area contributed by atoms with Gasteiger partial charge in [0.15, 0.2) is 0 Å². The van der Waals surface area contributed by atoms with Crippen LogP contribution >= 0.6 is 0 Å². The van der Waals surface area contributed by atoms with Crippen LogP contribution in [-0.4, -0.2) is 19.2 Å². The van der Waals surface area contributed by atoms with Crippen molar-refractivity contribution < 1.29 is 9.53 Å². The molecule has 4 nitrogen and oxygen atoms in total. The van der Waals surface area contributed by atoms with Gasteiger partial charge in [-0.2, -0.15) is 0 Å². The quantitative estimate of drug-likeness (QED) is 0.221. The summed E-state index contributed by atoms with van der Waals surface area (Å²) in [4.78, 5) is 12.4. The first-order chi connectivity index (χ1) is 19.6. The first-order valence-electron chi connectivity index (χ1n) is 17.0. The number of benzene rings is 1.